The topological polar surface area (TPSA) is 43.3 Å². The second kappa shape index (κ2) is 4.55. The van der Waals surface area contributed by atoms with E-state index in [2.05, 4.69) is 32.2 Å². The number of pyridine rings is 1. The molecule has 0 aliphatic carbocycles. The van der Waals surface area contributed by atoms with Gasteiger partial charge < -0.3 is 10.1 Å². The molecule has 0 aliphatic heterocycles. The van der Waals surface area contributed by atoms with E-state index < -0.39 is 0 Å². The predicted molar refractivity (Wildman–Crippen MR) is 69.5 cm³/mol. The van der Waals surface area contributed by atoms with E-state index >= 15 is 0 Å². The fourth-order valence-electron chi connectivity index (χ4n) is 2.05. The summed E-state index contributed by atoms with van der Waals surface area (Å²) in [5.74, 6) is 0. The van der Waals surface area contributed by atoms with E-state index in [1.807, 2.05) is 25.3 Å². The van der Waals surface area contributed by atoms with Crippen molar-refractivity contribution >= 4 is 21.6 Å². The van der Waals surface area contributed by atoms with Gasteiger partial charge in [0.2, 0.25) is 0 Å². The summed E-state index contributed by atoms with van der Waals surface area (Å²) in [6, 6.07) is 4.06. The molecule has 2 rings (SSSR count). The molecule has 1 atom stereocenters. The minimum atomic E-state index is 0.0642. The largest absolute Gasteiger partial charge is 0.323 e. The standard InChI is InChI=1S/C12H16BrN3/c1-3-4-10(14)12-8(2)15-11-6-5-9(13)7-16(11)12/h5-7,10H,3-4,14H2,1-2H3. The van der Waals surface area contributed by atoms with Gasteiger partial charge in [0.25, 0.3) is 0 Å². The first kappa shape index (κ1) is 11.6. The van der Waals surface area contributed by atoms with E-state index in [0.717, 1.165) is 34.3 Å². The fraction of sp³-hybridized carbons (Fsp3) is 0.417. The van der Waals surface area contributed by atoms with E-state index in [9.17, 15) is 0 Å². The Morgan fingerprint density at radius 3 is 2.94 bits per heavy atom. The van der Waals surface area contributed by atoms with Crippen LogP contribution < -0.4 is 5.73 Å². The van der Waals surface area contributed by atoms with Gasteiger partial charge in [-0.1, -0.05) is 13.3 Å². The molecule has 16 heavy (non-hydrogen) atoms. The lowest BCUT2D eigenvalue weighted by Crippen LogP contribution is -2.13. The van der Waals surface area contributed by atoms with E-state index in [1.54, 1.807) is 0 Å². The summed E-state index contributed by atoms with van der Waals surface area (Å²) >= 11 is 3.47. The number of rotatable bonds is 3. The van der Waals surface area contributed by atoms with Crippen LogP contribution in [0.4, 0.5) is 0 Å². The maximum Gasteiger partial charge on any atom is 0.137 e. The van der Waals surface area contributed by atoms with Gasteiger partial charge in [-0.15, -0.1) is 0 Å². The lowest BCUT2D eigenvalue weighted by Gasteiger charge is -2.11. The van der Waals surface area contributed by atoms with Crippen molar-refractivity contribution in [3.8, 4) is 0 Å². The van der Waals surface area contributed by atoms with Crippen molar-refractivity contribution in [3.05, 3.63) is 34.2 Å². The van der Waals surface area contributed by atoms with Gasteiger partial charge in [-0.3, -0.25) is 0 Å². The van der Waals surface area contributed by atoms with Gasteiger partial charge in [0.1, 0.15) is 5.65 Å². The monoisotopic (exact) mass is 281 g/mol. The van der Waals surface area contributed by atoms with Gasteiger partial charge >= 0.3 is 0 Å². The zero-order valence-electron chi connectivity index (χ0n) is 9.57. The van der Waals surface area contributed by atoms with Crippen LogP contribution in [0.15, 0.2) is 22.8 Å². The molecule has 0 aromatic carbocycles. The van der Waals surface area contributed by atoms with Gasteiger partial charge in [-0.05, 0) is 41.4 Å². The maximum atomic E-state index is 6.19. The molecular formula is C12H16BrN3. The number of hydrogen-bond acceptors (Lipinski definition) is 2. The molecule has 0 spiro atoms. The molecule has 2 aromatic rings. The summed E-state index contributed by atoms with van der Waals surface area (Å²) in [5.41, 5.74) is 9.30. The third kappa shape index (κ3) is 1.99. The predicted octanol–water partition coefficient (Wildman–Crippen LogP) is 3.21. The molecule has 4 heteroatoms. The molecule has 86 valence electrons. The normalized spacial score (nSPS) is 13.2. The zero-order chi connectivity index (χ0) is 11.7. The van der Waals surface area contributed by atoms with Crippen molar-refractivity contribution in [1.82, 2.24) is 9.38 Å². The Labute approximate surface area is 104 Å². The number of nitrogens with two attached hydrogens (primary N) is 1. The van der Waals surface area contributed by atoms with E-state index in [-0.39, 0.29) is 6.04 Å². The Balaban J connectivity index is 2.58. The lowest BCUT2D eigenvalue weighted by molar-refractivity contribution is 0.613. The Kier molecular flexibility index (Phi) is 3.30. The Hall–Kier alpha value is -0.870. The first-order valence-electron chi connectivity index (χ1n) is 5.53. The van der Waals surface area contributed by atoms with Crippen molar-refractivity contribution in [2.24, 2.45) is 5.73 Å². The van der Waals surface area contributed by atoms with Crippen LogP contribution in [0.1, 0.15) is 37.2 Å². The van der Waals surface area contributed by atoms with E-state index in [1.165, 1.54) is 0 Å². The summed E-state index contributed by atoms with van der Waals surface area (Å²) in [7, 11) is 0. The van der Waals surface area contributed by atoms with Crippen LogP contribution in [-0.2, 0) is 0 Å². The highest BCUT2D eigenvalue weighted by Gasteiger charge is 2.15. The minimum Gasteiger partial charge on any atom is -0.323 e. The molecule has 2 N–H and O–H groups in total. The van der Waals surface area contributed by atoms with E-state index in [0.29, 0.717) is 0 Å². The van der Waals surface area contributed by atoms with Gasteiger partial charge in [0.05, 0.1) is 11.4 Å². The maximum absolute atomic E-state index is 6.19. The molecule has 0 fully saturated rings. The molecule has 0 saturated heterocycles. The quantitative estimate of drug-likeness (QED) is 0.939. The van der Waals surface area contributed by atoms with Crippen LogP contribution in [0.2, 0.25) is 0 Å². The molecule has 0 amide bonds. The van der Waals surface area contributed by atoms with Crippen molar-refractivity contribution < 1.29 is 0 Å². The Morgan fingerprint density at radius 1 is 1.50 bits per heavy atom. The molecule has 2 heterocycles. The smallest absolute Gasteiger partial charge is 0.137 e. The van der Waals surface area contributed by atoms with Crippen LogP contribution in [0.3, 0.4) is 0 Å². The SMILES string of the molecule is CCCC(N)c1c(C)nc2ccc(Br)cn12. The second-order valence-corrected chi connectivity index (χ2v) is 4.97. The van der Waals surface area contributed by atoms with Gasteiger partial charge in [0.15, 0.2) is 0 Å². The van der Waals surface area contributed by atoms with Crippen molar-refractivity contribution in [2.75, 3.05) is 0 Å². The highest BCUT2D eigenvalue weighted by molar-refractivity contribution is 9.10. The summed E-state index contributed by atoms with van der Waals surface area (Å²) in [6.07, 6.45) is 4.10. The molecule has 0 saturated carbocycles. The molecule has 1 unspecified atom stereocenters. The van der Waals surface area contributed by atoms with Gasteiger partial charge in [-0.25, -0.2) is 4.98 Å². The minimum absolute atomic E-state index is 0.0642. The third-order valence-corrected chi connectivity index (χ3v) is 3.22. The van der Waals surface area contributed by atoms with Crippen LogP contribution in [0.25, 0.3) is 5.65 Å². The van der Waals surface area contributed by atoms with Crippen LogP contribution >= 0.6 is 15.9 Å². The van der Waals surface area contributed by atoms with E-state index in [4.69, 9.17) is 5.73 Å². The first-order chi connectivity index (χ1) is 7.63. The number of aromatic nitrogens is 2. The summed E-state index contributed by atoms with van der Waals surface area (Å²) in [5, 5.41) is 0. The number of fused-ring (bicyclic) bond motifs is 1. The molecular weight excluding hydrogens is 266 g/mol. The second-order valence-electron chi connectivity index (χ2n) is 4.05. The molecule has 3 nitrogen and oxygen atoms in total. The highest BCUT2D eigenvalue weighted by atomic mass is 79.9. The van der Waals surface area contributed by atoms with Gasteiger partial charge in [-0.2, -0.15) is 0 Å². The van der Waals surface area contributed by atoms with Crippen molar-refractivity contribution in [2.45, 2.75) is 32.7 Å². The molecule has 2 aromatic heterocycles. The number of imidazole rings is 1. The third-order valence-electron chi connectivity index (χ3n) is 2.75. The van der Waals surface area contributed by atoms with Gasteiger partial charge in [0, 0.05) is 16.7 Å². The number of nitrogens with zero attached hydrogens (tertiary/aromatic N) is 2. The lowest BCUT2D eigenvalue weighted by atomic mass is 10.1. The first-order valence-corrected chi connectivity index (χ1v) is 6.32. The van der Waals surface area contributed by atoms with Crippen molar-refractivity contribution in [3.63, 3.8) is 0 Å². The fourth-order valence-corrected chi connectivity index (χ4v) is 2.39. The highest BCUT2D eigenvalue weighted by Crippen LogP contribution is 2.23. The Bertz CT molecular complexity index is 504. The average Bonchev–Trinajstić information content (AvgIpc) is 2.53. The Morgan fingerprint density at radius 2 is 2.25 bits per heavy atom. The van der Waals surface area contributed by atoms with Crippen LogP contribution in [0.5, 0.6) is 0 Å². The average molecular weight is 282 g/mol. The van der Waals surface area contributed by atoms with Crippen LogP contribution in [0, 0.1) is 6.92 Å². The number of aryl methyl sites for hydroxylation is 1. The summed E-state index contributed by atoms with van der Waals surface area (Å²) in [6.45, 7) is 4.17. The molecule has 0 aliphatic rings. The summed E-state index contributed by atoms with van der Waals surface area (Å²) < 4.78 is 3.13. The van der Waals surface area contributed by atoms with Crippen LogP contribution in [-0.4, -0.2) is 9.38 Å². The zero-order valence-corrected chi connectivity index (χ0v) is 11.2. The number of halogens is 1. The summed E-state index contributed by atoms with van der Waals surface area (Å²) in [4.78, 5) is 4.52. The van der Waals surface area contributed by atoms with Crippen molar-refractivity contribution in [1.29, 1.82) is 0 Å². The molecule has 0 bridgehead atoms. The molecule has 0 radical (unpaired) electrons. The number of hydrogen-bond donors (Lipinski definition) is 1.